The van der Waals surface area contributed by atoms with Crippen molar-refractivity contribution in [3.63, 3.8) is 0 Å². The van der Waals surface area contributed by atoms with Gasteiger partial charge in [0.25, 0.3) is 0 Å². The topological polar surface area (TPSA) is 26.3 Å². The summed E-state index contributed by atoms with van der Waals surface area (Å²) in [4.78, 5) is 8.00. The maximum atomic E-state index is 8.00. The molecule has 0 N–H and O–H groups in total. The minimum atomic E-state index is 0.788. The molecular weight excluding hydrogens is 572 g/mol. The number of carbonyl (C=O) groups excluding carboxylic acids is 1. The summed E-state index contributed by atoms with van der Waals surface area (Å²) in [6.07, 6.45) is 17.2. The van der Waals surface area contributed by atoms with Crippen LogP contribution in [0.4, 0.5) is 0 Å². The highest BCUT2D eigenvalue weighted by atomic mass is 16.5. The highest BCUT2D eigenvalue weighted by Gasteiger charge is 2.11. The van der Waals surface area contributed by atoms with E-state index in [1.165, 1.54) is 0 Å². The summed E-state index contributed by atoms with van der Waals surface area (Å²) in [6.45, 7) is 2.00. The average molecular weight is 609 g/mol. The number of benzene rings is 6. The number of hydrogen-bond donors (Lipinski definition) is 0. The van der Waals surface area contributed by atoms with Crippen LogP contribution in [0.3, 0.4) is 0 Å². The van der Waals surface area contributed by atoms with Gasteiger partial charge >= 0.3 is 0 Å². The lowest BCUT2D eigenvalue weighted by atomic mass is 10.0. The van der Waals surface area contributed by atoms with Crippen molar-refractivity contribution in [1.29, 1.82) is 0 Å². The number of carbonyl (C=O) groups is 1. The molecule has 47 heavy (non-hydrogen) atoms. The van der Waals surface area contributed by atoms with Gasteiger partial charge in [0.15, 0.2) is 0 Å². The van der Waals surface area contributed by atoms with E-state index in [0.29, 0.717) is 0 Å². The molecule has 0 saturated heterocycles. The van der Waals surface area contributed by atoms with Gasteiger partial charge in [0.1, 0.15) is 18.3 Å². The molecule has 0 heterocycles. The number of ether oxygens (including phenoxy) is 1. The second kappa shape index (κ2) is 17.3. The van der Waals surface area contributed by atoms with E-state index in [9.17, 15) is 0 Å². The smallest absolute Gasteiger partial charge is 0.135 e. The zero-order chi connectivity index (χ0) is 32.5. The molecule has 2 nitrogen and oxygen atoms in total. The SMILES string of the molecule is C(=Cc1cccc(Oc2cccc(C=Cc3ccccc3)c2C=Cc2ccccc2)c1C=Cc1ccccc1)c1ccccc1.C=O. The van der Waals surface area contributed by atoms with Gasteiger partial charge < -0.3 is 9.53 Å². The molecule has 0 aliphatic carbocycles. The molecule has 0 amide bonds. The van der Waals surface area contributed by atoms with E-state index in [0.717, 1.165) is 56.0 Å². The van der Waals surface area contributed by atoms with Gasteiger partial charge in [-0.15, -0.1) is 0 Å². The Hall–Kier alpha value is -6.25. The highest BCUT2D eigenvalue weighted by molar-refractivity contribution is 5.84. The molecule has 0 bridgehead atoms. The van der Waals surface area contributed by atoms with Crippen molar-refractivity contribution in [3.8, 4) is 11.5 Å². The van der Waals surface area contributed by atoms with Crippen LogP contribution in [0.15, 0.2) is 158 Å². The average Bonchev–Trinajstić information content (AvgIpc) is 3.15. The van der Waals surface area contributed by atoms with Gasteiger partial charge in [-0.25, -0.2) is 0 Å². The third-order valence-corrected chi connectivity index (χ3v) is 7.41. The monoisotopic (exact) mass is 608 g/mol. The van der Waals surface area contributed by atoms with Gasteiger partial charge in [0.2, 0.25) is 0 Å². The summed E-state index contributed by atoms with van der Waals surface area (Å²) >= 11 is 0. The van der Waals surface area contributed by atoms with Crippen molar-refractivity contribution in [2.45, 2.75) is 0 Å². The molecule has 228 valence electrons. The molecule has 0 aromatic heterocycles. The van der Waals surface area contributed by atoms with E-state index >= 15 is 0 Å². The summed E-state index contributed by atoms with van der Waals surface area (Å²) in [5.41, 5.74) is 8.72. The largest absolute Gasteiger partial charge is 0.456 e. The van der Waals surface area contributed by atoms with Crippen LogP contribution in [0.2, 0.25) is 0 Å². The minimum Gasteiger partial charge on any atom is -0.456 e. The predicted octanol–water partition coefficient (Wildman–Crippen LogP) is 12.0. The van der Waals surface area contributed by atoms with Crippen molar-refractivity contribution in [2.75, 3.05) is 0 Å². The van der Waals surface area contributed by atoms with E-state index in [1.54, 1.807) is 0 Å². The Morgan fingerprint density at radius 3 is 0.936 bits per heavy atom. The zero-order valence-electron chi connectivity index (χ0n) is 26.2. The van der Waals surface area contributed by atoms with Crippen molar-refractivity contribution in [2.24, 2.45) is 0 Å². The van der Waals surface area contributed by atoms with Crippen LogP contribution < -0.4 is 4.74 Å². The van der Waals surface area contributed by atoms with Crippen LogP contribution >= 0.6 is 0 Å². The molecule has 0 spiro atoms. The van der Waals surface area contributed by atoms with Gasteiger partial charge in [-0.05, 0) is 45.5 Å². The first-order valence-corrected chi connectivity index (χ1v) is 15.5. The fourth-order valence-corrected chi connectivity index (χ4v) is 5.05. The summed E-state index contributed by atoms with van der Waals surface area (Å²) in [5, 5.41) is 0. The molecule has 0 aliphatic rings. The molecule has 0 unspecified atom stereocenters. The Balaban J connectivity index is 0.00000213. The standard InChI is InChI=1S/C44H34O.CH2O/c1-5-15-35(16-6-1)27-31-39-23-13-25-43(41(39)33-29-37-19-9-3-10-20-37)45-44-26-14-24-40(32-28-36-17-7-2-8-18-36)42(44)34-30-38-21-11-4-12-22-38;1-2/h1-34H;1H2. The number of rotatable bonds is 10. The van der Waals surface area contributed by atoms with Crippen LogP contribution in [0.5, 0.6) is 11.5 Å². The van der Waals surface area contributed by atoms with E-state index in [1.807, 2.05) is 43.2 Å². The van der Waals surface area contributed by atoms with Crippen molar-refractivity contribution in [3.05, 3.63) is 202 Å². The molecule has 0 saturated carbocycles. The second-order valence-corrected chi connectivity index (χ2v) is 10.6. The molecule has 6 aromatic rings. The molecule has 6 aromatic carbocycles. The first kappa shape index (κ1) is 32.2. The lowest BCUT2D eigenvalue weighted by Crippen LogP contribution is -1.94. The van der Waals surface area contributed by atoms with Crippen LogP contribution in [-0.2, 0) is 4.79 Å². The molecule has 6 rings (SSSR count). The van der Waals surface area contributed by atoms with Gasteiger partial charge in [0, 0.05) is 11.1 Å². The summed E-state index contributed by atoms with van der Waals surface area (Å²) in [7, 11) is 0. The third-order valence-electron chi connectivity index (χ3n) is 7.41. The predicted molar refractivity (Wildman–Crippen MR) is 202 cm³/mol. The lowest BCUT2D eigenvalue weighted by molar-refractivity contribution is -0.0980. The highest BCUT2D eigenvalue weighted by Crippen LogP contribution is 2.35. The van der Waals surface area contributed by atoms with E-state index in [2.05, 4.69) is 170 Å². The maximum Gasteiger partial charge on any atom is 0.135 e. The summed E-state index contributed by atoms with van der Waals surface area (Å²) in [5.74, 6) is 1.58. The van der Waals surface area contributed by atoms with Crippen LogP contribution in [-0.4, -0.2) is 6.79 Å². The molecule has 0 radical (unpaired) electrons. The third kappa shape index (κ3) is 9.37. The summed E-state index contributed by atoms with van der Waals surface area (Å²) < 4.78 is 6.83. The van der Waals surface area contributed by atoms with Crippen molar-refractivity contribution >= 4 is 55.4 Å². The van der Waals surface area contributed by atoms with Crippen LogP contribution in [0.25, 0.3) is 48.6 Å². The normalized spacial score (nSPS) is 11.2. The van der Waals surface area contributed by atoms with Gasteiger partial charge in [-0.1, -0.05) is 194 Å². The molecule has 0 atom stereocenters. The Morgan fingerprint density at radius 2 is 0.617 bits per heavy atom. The molecule has 2 heteroatoms. The quantitative estimate of drug-likeness (QED) is 0.145. The van der Waals surface area contributed by atoms with Gasteiger partial charge in [-0.3, -0.25) is 0 Å². The number of hydrogen-bond acceptors (Lipinski definition) is 2. The first-order valence-electron chi connectivity index (χ1n) is 15.5. The Labute approximate surface area is 278 Å². The van der Waals surface area contributed by atoms with Crippen LogP contribution in [0.1, 0.15) is 44.5 Å². The minimum absolute atomic E-state index is 0.788. The lowest BCUT2D eigenvalue weighted by Gasteiger charge is -2.15. The van der Waals surface area contributed by atoms with Gasteiger partial charge in [-0.2, -0.15) is 0 Å². The van der Waals surface area contributed by atoms with E-state index in [-0.39, 0.29) is 0 Å². The zero-order valence-corrected chi connectivity index (χ0v) is 26.2. The van der Waals surface area contributed by atoms with Crippen LogP contribution in [0, 0.1) is 0 Å². The molecule has 0 fully saturated rings. The van der Waals surface area contributed by atoms with E-state index < -0.39 is 0 Å². The second-order valence-electron chi connectivity index (χ2n) is 10.6. The van der Waals surface area contributed by atoms with Crippen molar-refractivity contribution < 1.29 is 9.53 Å². The Morgan fingerprint density at radius 1 is 0.319 bits per heavy atom. The fourth-order valence-electron chi connectivity index (χ4n) is 5.05. The molecular formula is C45H36O2. The first-order chi connectivity index (χ1) is 23.3. The van der Waals surface area contributed by atoms with Crippen molar-refractivity contribution in [1.82, 2.24) is 0 Å². The fraction of sp³-hybridized carbons (Fsp3) is 0. The Kier molecular flexibility index (Phi) is 11.8. The molecule has 0 aliphatic heterocycles. The van der Waals surface area contributed by atoms with Gasteiger partial charge in [0.05, 0.1) is 0 Å². The Bertz CT molecular complexity index is 1810. The van der Waals surface area contributed by atoms with E-state index in [4.69, 9.17) is 9.53 Å². The maximum absolute atomic E-state index is 8.00. The summed E-state index contributed by atoms with van der Waals surface area (Å²) in [6, 6.07) is 53.9.